The van der Waals surface area contributed by atoms with Crippen LogP contribution >= 0.6 is 0 Å². The average molecular weight is 365 g/mol. The zero-order valence-electron chi connectivity index (χ0n) is 13.1. The zero-order chi connectivity index (χ0) is 17.9. The molecule has 1 aromatic carbocycles. The maximum absolute atomic E-state index is 12.6. The van der Waals surface area contributed by atoms with E-state index in [-0.39, 0.29) is 23.7 Å². The minimum absolute atomic E-state index is 0.0565. The molecule has 2 heterocycles. The Morgan fingerprint density at radius 1 is 1.24 bits per heavy atom. The summed E-state index contributed by atoms with van der Waals surface area (Å²) in [6.45, 7) is 1.02. The van der Waals surface area contributed by atoms with Gasteiger partial charge in [-0.1, -0.05) is 0 Å². The molecule has 1 saturated heterocycles. The zero-order valence-corrected chi connectivity index (χ0v) is 13.9. The molecule has 1 aliphatic rings. The first-order chi connectivity index (χ1) is 12.0. The Labute approximate surface area is 144 Å². The molecule has 25 heavy (non-hydrogen) atoms. The summed E-state index contributed by atoms with van der Waals surface area (Å²) in [5.74, 6) is 0.258. The number of nitrogens with zero attached hydrogens (tertiary/aromatic N) is 3. The SMILES string of the molecule is O=[N+]([O-])c1cc(S(=O)(=O)N2CCOCC2)ccc1Oc1cccnc1. The molecule has 1 fully saturated rings. The maximum atomic E-state index is 12.6. The second kappa shape index (κ2) is 7.13. The molecule has 3 rings (SSSR count). The minimum Gasteiger partial charge on any atom is -0.449 e. The Morgan fingerprint density at radius 3 is 2.64 bits per heavy atom. The van der Waals surface area contributed by atoms with Crippen molar-refractivity contribution in [2.75, 3.05) is 26.3 Å². The number of hydrogen-bond donors (Lipinski definition) is 0. The molecule has 0 aliphatic carbocycles. The molecule has 0 N–H and O–H groups in total. The van der Waals surface area contributed by atoms with Gasteiger partial charge in [0, 0.05) is 25.4 Å². The Balaban J connectivity index is 1.95. The van der Waals surface area contributed by atoms with Crippen molar-refractivity contribution in [3.63, 3.8) is 0 Å². The third-order valence-electron chi connectivity index (χ3n) is 3.60. The molecule has 2 aromatic rings. The first-order valence-corrected chi connectivity index (χ1v) is 8.87. The Hall–Kier alpha value is -2.56. The molecule has 0 atom stereocenters. The topological polar surface area (TPSA) is 112 Å². The maximum Gasteiger partial charge on any atom is 0.312 e. The van der Waals surface area contributed by atoms with Crippen molar-refractivity contribution < 1.29 is 22.8 Å². The fraction of sp³-hybridized carbons (Fsp3) is 0.267. The summed E-state index contributed by atoms with van der Waals surface area (Å²) in [5.41, 5.74) is -0.432. The molecule has 0 saturated carbocycles. The molecule has 1 aromatic heterocycles. The van der Waals surface area contributed by atoms with Crippen LogP contribution in [0.4, 0.5) is 5.69 Å². The number of morpholine rings is 1. The number of aromatic nitrogens is 1. The number of ether oxygens (including phenoxy) is 2. The number of benzene rings is 1. The van der Waals surface area contributed by atoms with E-state index in [1.807, 2.05) is 0 Å². The lowest BCUT2D eigenvalue weighted by Crippen LogP contribution is -2.40. The number of sulfonamides is 1. The van der Waals surface area contributed by atoms with Crippen molar-refractivity contribution >= 4 is 15.7 Å². The van der Waals surface area contributed by atoms with Crippen LogP contribution < -0.4 is 4.74 Å². The van der Waals surface area contributed by atoms with E-state index in [0.29, 0.717) is 19.0 Å². The van der Waals surface area contributed by atoms with Gasteiger partial charge in [0.1, 0.15) is 5.75 Å². The van der Waals surface area contributed by atoms with Crippen LogP contribution in [0.25, 0.3) is 0 Å². The first-order valence-electron chi connectivity index (χ1n) is 7.43. The second-order valence-corrected chi connectivity index (χ2v) is 7.13. The highest BCUT2D eigenvalue weighted by Crippen LogP contribution is 2.34. The number of hydrogen-bond acceptors (Lipinski definition) is 7. The predicted molar refractivity (Wildman–Crippen MR) is 87.0 cm³/mol. The molecule has 1 aliphatic heterocycles. The monoisotopic (exact) mass is 365 g/mol. The number of nitro groups is 1. The predicted octanol–water partition coefficient (Wildman–Crippen LogP) is 1.80. The van der Waals surface area contributed by atoms with Crippen LogP contribution in [0.5, 0.6) is 11.5 Å². The van der Waals surface area contributed by atoms with Crippen molar-refractivity contribution in [3.8, 4) is 11.5 Å². The van der Waals surface area contributed by atoms with Crippen LogP contribution in [-0.2, 0) is 14.8 Å². The van der Waals surface area contributed by atoms with Crippen molar-refractivity contribution in [1.29, 1.82) is 0 Å². The van der Waals surface area contributed by atoms with Gasteiger partial charge in [-0.25, -0.2) is 8.42 Å². The summed E-state index contributed by atoms with van der Waals surface area (Å²) in [4.78, 5) is 14.4. The van der Waals surface area contributed by atoms with E-state index in [1.165, 1.54) is 22.6 Å². The Bertz CT molecular complexity index is 866. The van der Waals surface area contributed by atoms with Crippen molar-refractivity contribution in [3.05, 3.63) is 52.8 Å². The summed E-state index contributed by atoms with van der Waals surface area (Å²) in [6, 6.07) is 6.80. The Morgan fingerprint density at radius 2 is 2.00 bits per heavy atom. The fourth-order valence-corrected chi connectivity index (χ4v) is 3.79. The van der Waals surface area contributed by atoms with E-state index < -0.39 is 20.6 Å². The van der Waals surface area contributed by atoms with E-state index in [1.54, 1.807) is 18.3 Å². The van der Waals surface area contributed by atoms with Crippen molar-refractivity contribution in [1.82, 2.24) is 9.29 Å². The van der Waals surface area contributed by atoms with Gasteiger partial charge >= 0.3 is 5.69 Å². The van der Waals surface area contributed by atoms with Gasteiger partial charge in [0.25, 0.3) is 0 Å². The highest BCUT2D eigenvalue weighted by atomic mass is 32.2. The van der Waals surface area contributed by atoms with Gasteiger partial charge < -0.3 is 9.47 Å². The Kier molecular flexibility index (Phi) is 4.93. The van der Waals surface area contributed by atoms with Gasteiger partial charge in [-0.15, -0.1) is 0 Å². The molecule has 9 nitrogen and oxygen atoms in total. The first kappa shape index (κ1) is 17.3. The average Bonchev–Trinajstić information content (AvgIpc) is 2.63. The van der Waals surface area contributed by atoms with Crippen LogP contribution in [0, 0.1) is 10.1 Å². The number of rotatable bonds is 5. The van der Waals surface area contributed by atoms with E-state index in [4.69, 9.17) is 9.47 Å². The van der Waals surface area contributed by atoms with Gasteiger partial charge in [-0.2, -0.15) is 4.31 Å². The lowest BCUT2D eigenvalue weighted by atomic mass is 10.3. The van der Waals surface area contributed by atoms with Gasteiger partial charge in [0.15, 0.2) is 0 Å². The molecular formula is C15H15N3O6S. The van der Waals surface area contributed by atoms with Crippen LogP contribution in [-0.4, -0.2) is 48.9 Å². The summed E-state index contributed by atoms with van der Waals surface area (Å²) < 4.78 is 37.1. The van der Waals surface area contributed by atoms with Gasteiger partial charge in [0.2, 0.25) is 15.8 Å². The van der Waals surface area contributed by atoms with E-state index in [2.05, 4.69) is 4.98 Å². The van der Waals surface area contributed by atoms with Gasteiger partial charge in [0.05, 0.1) is 29.2 Å². The molecule has 0 radical (unpaired) electrons. The van der Waals surface area contributed by atoms with Gasteiger partial charge in [-0.3, -0.25) is 15.1 Å². The highest BCUT2D eigenvalue weighted by Gasteiger charge is 2.29. The summed E-state index contributed by atoms with van der Waals surface area (Å²) in [6.07, 6.45) is 2.95. The summed E-state index contributed by atoms with van der Waals surface area (Å²) in [7, 11) is -3.83. The molecule has 0 bridgehead atoms. The van der Waals surface area contributed by atoms with Crippen LogP contribution in [0.2, 0.25) is 0 Å². The standard InChI is InChI=1S/C15H15N3O6S/c19-18(20)14-10-13(25(21,22)17-6-8-23-9-7-17)3-4-15(14)24-12-2-1-5-16-11-12/h1-5,10-11H,6-9H2. The lowest BCUT2D eigenvalue weighted by molar-refractivity contribution is -0.385. The quantitative estimate of drug-likeness (QED) is 0.586. The third kappa shape index (κ3) is 3.76. The highest BCUT2D eigenvalue weighted by molar-refractivity contribution is 7.89. The van der Waals surface area contributed by atoms with E-state index >= 15 is 0 Å². The van der Waals surface area contributed by atoms with E-state index in [9.17, 15) is 18.5 Å². The summed E-state index contributed by atoms with van der Waals surface area (Å²) >= 11 is 0. The summed E-state index contributed by atoms with van der Waals surface area (Å²) in [5, 5.41) is 11.3. The van der Waals surface area contributed by atoms with E-state index in [0.717, 1.165) is 6.07 Å². The normalized spacial score (nSPS) is 15.7. The second-order valence-electron chi connectivity index (χ2n) is 5.19. The smallest absolute Gasteiger partial charge is 0.312 e. The molecule has 0 spiro atoms. The largest absolute Gasteiger partial charge is 0.449 e. The fourth-order valence-electron chi connectivity index (χ4n) is 2.36. The molecule has 0 unspecified atom stereocenters. The van der Waals surface area contributed by atoms with Crippen molar-refractivity contribution in [2.45, 2.75) is 4.90 Å². The number of nitro benzene ring substituents is 1. The van der Waals surface area contributed by atoms with Crippen LogP contribution in [0.15, 0.2) is 47.6 Å². The van der Waals surface area contributed by atoms with Crippen LogP contribution in [0.3, 0.4) is 0 Å². The lowest BCUT2D eigenvalue weighted by Gasteiger charge is -2.26. The third-order valence-corrected chi connectivity index (χ3v) is 5.49. The molecular weight excluding hydrogens is 350 g/mol. The minimum atomic E-state index is -3.83. The van der Waals surface area contributed by atoms with Crippen molar-refractivity contribution in [2.24, 2.45) is 0 Å². The van der Waals surface area contributed by atoms with Gasteiger partial charge in [-0.05, 0) is 24.3 Å². The number of pyridine rings is 1. The molecule has 10 heteroatoms. The van der Waals surface area contributed by atoms with Crippen LogP contribution in [0.1, 0.15) is 0 Å². The molecule has 0 amide bonds. The molecule has 132 valence electrons.